The van der Waals surface area contributed by atoms with Crippen molar-refractivity contribution in [2.75, 3.05) is 5.73 Å². The van der Waals surface area contributed by atoms with Gasteiger partial charge >= 0.3 is 5.69 Å². The second-order valence-electron chi connectivity index (χ2n) is 4.74. The number of aryl methyl sites for hydroxylation is 1. The maximum absolute atomic E-state index is 12.6. The van der Waals surface area contributed by atoms with Crippen molar-refractivity contribution in [3.63, 3.8) is 0 Å². The van der Waals surface area contributed by atoms with Gasteiger partial charge in [-0.3, -0.25) is 9.36 Å². The van der Waals surface area contributed by atoms with E-state index in [9.17, 15) is 9.59 Å². The van der Waals surface area contributed by atoms with E-state index in [0.717, 1.165) is 4.57 Å². The highest BCUT2D eigenvalue weighted by molar-refractivity contribution is 6.30. The molecule has 0 saturated carbocycles. The molecule has 0 aliphatic carbocycles. The van der Waals surface area contributed by atoms with Crippen LogP contribution in [0, 0.1) is 0 Å². The molecule has 0 bridgehead atoms. The lowest BCUT2D eigenvalue weighted by Gasteiger charge is -2.03. The predicted molar refractivity (Wildman–Crippen MR) is 82.8 cm³/mol. The van der Waals surface area contributed by atoms with Crippen LogP contribution in [0.1, 0.15) is 10.4 Å². The third-order valence-electron chi connectivity index (χ3n) is 3.37. The van der Waals surface area contributed by atoms with Gasteiger partial charge in [-0.2, -0.15) is 0 Å². The second kappa shape index (κ2) is 4.79. The van der Waals surface area contributed by atoms with Crippen LogP contribution in [0.25, 0.3) is 11.0 Å². The first kappa shape index (κ1) is 13.5. The lowest BCUT2D eigenvalue weighted by molar-refractivity contribution is 0.0960. The Morgan fingerprint density at radius 2 is 1.76 bits per heavy atom. The van der Waals surface area contributed by atoms with E-state index in [0.29, 0.717) is 27.3 Å². The van der Waals surface area contributed by atoms with E-state index in [1.807, 2.05) is 0 Å². The van der Waals surface area contributed by atoms with Crippen LogP contribution in [0.15, 0.2) is 47.3 Å². The summed E-state index contributed by atoms with van der Waals surface area (Å²) in [5.41, 5.74) is 7.37. The van der Waals surface area contributed by atoms with Gasteiger partial charge in [0, 0.05) is 23.3 Å². The van der Waals surface area contributed by atoms with E-state index in [-0.39, 0.29) is 0 Å². The van der Waals surface area contributed by atoms with E-state index in [4.69, 9.17) is 17.3 Å². The van der Waals surface area contributed by atoms with Crippen LogP contribution in [-0.4, -0.2) is 15.0 Å². The number of fused-ring (bicyclic) bond motifs is 1. The van der Waals surface area contributed by atoms with Crippen molar-refractivity contribution >= 4 is 34.2 Å². The SMILES string of the molecule is Cn1c(=O)n(C(=O)c2ccc(Cl)cc2)c2cc(N)ccc21. The number of nitrogens with zero attached hydrogens (tertiary/aromatic N) is 2. The third kappa shape index (κ3) is 2.11. The number of halogens is 1. The summed E-state index contributed by atoms with van der Waals surface area (Å²) in [4.78, 5) is 24.9. The normalized spacial score (nSPS) is 11.0. The summed E-state index contributed by atoms with van der Waals surface area (Å²) in [6, 6.07) is 11.4. The molecular weight excluding hydrogens is 290 g/mol. The Hall–Kier alpha value is -2.53. The zero-order chi connectivity index (χ0) is 15.1. The van der Waals surface area contributed by atoms with E-state index >= 15 is 0 Å². The highest BCUT2D eigenvalue weighted by atomic mass is 35.5. The number of anilines is 1. The number of imidazole rings is 1. The average molecular weight is 302 g/mol. The van der Waals surface area contributed by atoms with Crippen molar-refractivity contribution in [3.8, 4) is 0 Å². The number of carbonyl (C=O) groups is 1. The summed E-state index contributed by atoms with van der Waals surface area (Å²) < 4.78 is 2.54. The first-order valence-electron chi connectivity index (χ1n) is 6.26. The molecule has 1 heterocycles. The number of hydrogen-bond acceptors (Lipinski definition) is 3. The zero-order valence-corrected chi connectivity index (χ0v) is 12.0. The van der Waals surface area contributed by atoms with Crippen molar-refractivity contribution < 1.29 is 4.79 Å². The van der Waals surface area contributed by atoms with Gasteiger partial charge in [0.2, 0.25) is 0 Å². The fourth-order valence-corrected chi connectivity index (χ4v) is 2.40. The van der Waals surface area contributed by atoms with Gasteiger partial charge in [0.15, 0.2) is 0 Å². The van der Waals surface area contributed by atoms with Crippen molar-refractivity contribution in [2.24, 2.45) is 7.05 Å². The minimum absolute atomic E-state index is 0.386. The summed E-state index contributed by atoms with van der Waals surface area (Å²) in [5.74, 6) is -0.409. The molecule has 0 unspecified atom stereocenters. The molecule has 21 heavy (non-hydrogen) atoms. The minimum atomic E-state index is -0.409. The van der Waals surface area contributed by atoms with Gasteiger partial charge in [0.05, 0.1) is 11.0 Å². The van der Waals surface area contributed by atoms with Gasteiger partial charge in [-0.05, 0) is 42.5 Å². The molecule has 5 nitrogen and oxygen atoms in total. The molecule has 106 valence electrons. The Bertz CT molecular complexity index is 907. The third-order valence-corrected chi connectivity index (χ3v) is 3.63. The summed E-state index contributed by atoms with van der Waals surface area (Å²) in [7, 11) is 1.62. The van der Waals surface area contributed by atoms with E-state index in [2.05, 4.69) is 0 Å². The van der Waals surface area contributed by atoms with Crippen molar-refractivity contribution in [1.82, 2.24) is 9.13 Å². The Morgan fingerprint density at radius 3 is 2.43 bits per heavy atom. The molecule has 2 N–H and O–H groups in total. The largest absolute Gasteiger partial charge is 0.399 e. The monoisotopic (exact) mass is 301 g/mol. The second-order valence-corrected chi connectivity index (χ2v) is 5.17. The number of hydrogen-bond donors (Lipinski definition) is 1. The molecule has 6 heteroatoms. The van der Waals surface area contributed by atoms with Crippen molar-refractivity contribution in [2.45, 2.75) is 0 Å². The zero-order valence-electron chi connectivity index (χ0n) is 11.2. The van der Waals surface area contributed by atoms with Crippen molar-refractivity contribution in [1.29, 1.82) is 0 Å². The lowest BCUT2D eigenvalue weighted by atomic mass is 10.2. The average Bonchev–Trinajstić information content (AvgIpc) is 2.70. The molecule has 3 rings (SSSR count). The fraction of sp³-hybridized carbons (Fsp3) is 0.0667. The molecule has 0 atom stereocenters. The molecule has 0 radical (unpaired) electrons. The molecule has 1 aromatic heterocycles. The molecule has 0 saturated heterocycles. The number of carbonyl (C=O) groups excluding carboxylic acids is 1. The number of nitrogens with two attached hydrogens (primary N) is 1. The Labute approximate surface area is 125 Å². The molecule has 0 spiro atoms. The van der Waals surface area contributed by atoms with Crippen LogP contribution in [0.3, 0.4) is 0 Å². The summed E-state index contributed by atoms with van der Waals surface area (Å²) in [5, 5.41) is 0.529. The van der Waals surface area contributed by atoms with Crippen LogP contribution in [0.2, 0.25) is 5.02 Å². The molecule has 2 aromatic carbocycles. The number of rotatable bonds is 1. The summed E-state index contributed by atoms with van der Waals surface area (Å²) in [6.45, 7) is 0. The standard InChI is InChI=1S/C15H12ClN3O2/c1-18-12-7-6-11(17)8-13(12)19(15(18)21)14(20)9-2-4-10(16)5-3-9/h2-8H,17H2,1H3. The summed E-state index contributed by atoms with van der Waals surface area (Å²) in [6.07, 6.45) is 0. The van der Waals surface area contributed by atoms with Crippen LogP contribution < -0.4 is 11.4 Å². The predicted octanol–water partition coefficient (Wildman–Crippen LogP) is 2.26. The van der Waals surface area contributed by atoms with Crippen LogP contribution >= 0.6 is 11.6 Å². The summed E-state index contributed by atoms with van der Waals surface area (Å²) >= 11 is 5.81. The molecule has 0 amide bonds. The van der Waals surface area contributed by atoms with Gasteiger partial charge in [-0.1, -0.05) is 11.6 Å². The van der Waals surface area contributed by atoms with Crippen LogP contribution in [0.4, 0.5) is 5.69 Å². The van der Waals surface area contributed by atoms with Crippen LogP contribution in [0.5, 0.6) is 0 Å². The van der Waals surface area contributed by atoms with E-state index in [1.165, 1.54) is 4.57 Å². The molecular formula is C15H12ClN3O2. The first-order valence-corrected chi connectivity index (χ1v) is 6.64. The van der Waals surface area contributed by atoms with Gasteiger partial charge in [0.25, 0.3) is 5.91 Å². The highest BCUT2D eigenvalue weighted by Crippen LogP contribution is 2.18. The molecule has 0 aliphatic heterocycles. The minimum Gasteiger partial charge on any atom is -0.399 e. The van der Waals surface area contributed by atoms with Crippen molar-refractivity contribution in [3.05, 3.63) is 63.5 Å². The molecule has 0 fully saturated rings. The van der Waals surface area contributed by atoms with Gasteiger partial charge in [-0.15, -0.1) is 0 Å². The van der Waals surface area contributed by atoms with E-state index in [1.54, 1.807) is 49.5 Å². The van der Waals surface area contributed by atoms with Crippen LogP contribution in [-0.2, 0) is 7.05 Å². The maximum atomic E-state index is 12.6. The maximum Gasteiger partial charge on any atom is 0.335 e. The Balaban J connectivity index is 2.27. The molecule has 3 aromatic rings. The quantitative estimate of drug-likeness (QED) is 0.701. The highest BCUT2D eigenvalue weighted by Gasteiger charge is 2.18. The van der Waals surface area contributed by atoms with E-state index < -0.39 is 11.6 Å². The van der Waals surface area contributed by atoms with Gasteiger partial charge < -0.3 is 5.73 Å². The smallest absolute Gasteiger partial charge is 0.335 e. The topological polar surface area (TPSA) is 70.0 Å². The number of nitrogen functional groups attached to an aromatic ring is 1. The number of benzene rings is 2. The van der Waals surface area contributed by atoms with Gasteiger partial charge in [-0.25, -0.2) is 9.36 Å². The lowest BCUT2D eigenvalue weighted by Crippen LogP contribution is -2.28. The Kier molecular flexibility index (Phi) is 3.07. The molecule has 0 aliphatic rings. The fourth-order valence-electron chi connectivity index (χ4n) is 2.28. The Morgan fingerprint density at radius 1 is 1.10 bits per heavy atom. The van der Waals surface area contributed by atoms with Gasteiger partial charge in [0.1, 0.15) is 0 Å². The first-order chi connectivity index (χ1) is 9.99. The number of aromatic nitrogens is 2.